The molecule has 0 aromatic carbocycles. The molecule has 1 aliphatic heterocycles. The highest BCUT2D eigenvalue weighted by molar-refractivity contribution is 6.02. The summed E-state index contributed by atoms with van der Waals surface area (Å²) in [5, 5.41) is 11.5. The van der Waals surface area contributed by atoms with Crippen molar-refractivity contribution in [2.24, 2.45) is 50.2 Å². The van der Waals surface area contributed by atoms with Crippen molar-refractivity contribution >= 4 is 11.8 Å². The van der Waals surface area contributed by atoms with Gasteiger partial charge in [0.2, 0.25) is 5.70 Å². The van der Waals surface area contributed by atoms with Crippen molar-refractivity contribution in [1.29, 1.82) is 0 Å². The molecule has 0 radical (unpaired) electrons. The summed E-state index contributed by atoms with van der Waals surface area (Å²) in [6.07, 6.45) is 7.21. The van der Waals surface area contributed by atoms with Gasteiger partial charge in [0.05, 0.1) is 25.2 Å². The molecule has 38 heavy (non-hydrogen) atoms. The van der Waals surface area contributed by atoms with Gasteiger partial charge in [0.25, 0.3) is 0 Å². The first-order valence-corrected chi connectivity index (χ1v) is 14.6. The molecule has 0 bridgehead atoms. The predicted molar refractivity (Wildman–Crippen MR) is 144 cm³/mol. The Morgan fingerprint density at radius 2 is 1.68 bits per heavy atom. The average Bonchev–Trinajstić information content (AvgIpc) is 2.93. The van der Waals surface area contributed by atoms with E-state index in [2.05, 4.69) is 39.5 Å². The second-order valence-corrected chi connectivity index (χ2v) is 15.4. The molecule has 0 spiro atoms. The summed E-state index contributed by atoms with van der Waals surface area (Å²) >= 11 is 0. The van der Waals surface area contributed by atoms with Gasteiger partial charge in [0.15, 0.2) is 12.1 Å². The molecule has 4 fully saturated rings. The zero-order chi connectivity index (χ0) is 28.1. The molecule has 4 aliphatic carbocycles. The van der Waals surface area contributed by atoms with Crippen LogP contribution in [0.4, 0.5) is 0 Å². The predicted octanol–water partition coefficient (Wildman–Crippen LogP) is 6.33. The number of aliphatic hydroxyl groups excluding tert-OH is 1. The topological polar surface area (TPSA) is 77.2 Å². The van der Waals surface area contributed by atoms with Crippen molar-refractivity contribution in [3.05, 3.63) is 23.2 Å². The van der Waals surface area contributed by atoms with Gasteiger partial charge in [-0.05, 0) is 78.4 Å². The maximum Gasteiger partial charge on any atom is 0.312 e. The molecule has 0 aromatic heterocycles. The highest BCUT2D eigenvalue weighted by atomic mass is 16.6. The lowest BCUT2D eigenvalue weighted by molar-refractivity contribution is -0.247. The number of ketones is 1. The van der Waals surface area contributed by atoms with E-state index in [0.29, 0.717) is 6.42 Å². The van der Waals surface area contributed by atoms with Gasteiger partial charge in [-0.2, -0.15) is 0 Å². The van der Waals surface area contributed by atoms with E-state index in [4.69, 9.17) is 16.0 Å². The summed E-state index contributed by atoms with van der Waals surface area (Å²) < 4.78 is 12.1. The maximum absolute atomic E-state index is 13.4. The molecular weight excluding hydrogens is 478 g/mol. The number of hydrogen-bond donors (Lipinski definition) is 1. The molecule has 2 unspecified atom stereocenters. The molecule has 1 N–H and O–H groups in total. The Morgan fingerprint density at radius 3 is 2.32 bits per heavy atom. The highest BCUT2D eigenvalue weighted by Gasteiger charge is 2.71. The molecule has 6 heteroatoms. The van der Waals surface area contributed by atoms with Gasteiger partial charge in [-0.25, -0.2) is 4.85 Å². The first kappa shape index (κ1) is 27.8. The fourth-order valence-electron chi connectivity index (χ4n) is 10.6. The number of carbonyl (C=O) groups excluding carboxylic acids is 2. The van der Waals surface area contributed by atoms with Crippen molar-refractivity contribution in [2.75, 3.05) is 7.11 Å². The Balaban J connectivity index is 1.66. The molecule has 5 rings (SSSR count). The molecule has 5 aliphatic rings. The summed E-state index contributed by atoms with van der Waals surface area (Å²) in [5.74, 6) is -0.100. The molecule has 3 saturated carbocycles. The number of nitrogens with zero attached hydrogens (tertiary/aromatic N) is 1. The van der Waals surface area contributed by atoms with Gasteiger partial charge in [-0.3, -0.25) is 4.79 Å². The lowest BCUT2D eigenvalue weighted by Crippen LogP contribution is -2.66. The van der Waals surface area contributed by atoms with Crippen LogP contribution in [0.5, 0.6) is 0 Å². The summed E-state index contributed by atoms with van der Waals surface area (Å²) in [5.41, 5.74) is -1.81. The zero-order valence-electron chi connectivity index (χ0n) is 24.6. The van der Waals surface area contributed by atoms with E-state index in [-0.39, 0.29) is 57.6 Å². The molecule has 9 atom stereocenters. The molecule has 1 heterocycles. The van der Waals surface area contributed by atoms with Crippen LogP contribution in [0.25, 0.3) is 4.85 Å². The summed E-state index contributed by atoms with van der Waals surface area (Å²) in [6, 6.07) is 0. The average molecular weight is 526 g/mol. The first-order chi connectivity index (χ1) is 17.5. The minimum absolute atomic E-state index is 0.0325. The molecule has 6 nitrogen and oxygen atoms in total. The second kappa shape index (κ2) is 8.40. The minimum Gasteiger partial charge on any atom is -0.469 e. The number of esters is 1. The van der Waals surface area contributed by atoms with Gasteiger partial charge in [-0.15, -0.1) is 0 Å². The van der Waals surface area contributed by atoms with Crippen LogP contribution in [0.15, 0.2) is 11.8 Å². The van der Waals surface area contributed by atoms with Crippen molar-refractivity contribution in [3.63, 3.8) is 0 Å². The Hall–Kier alpha value is -1.71. The van der Waals surface area contributed by atoms with Crippen LogP contribution in [-0.4, -0.2) is 36.4 Å². The van der Waals surface area contributed by atoms with E-state index in [1.165, 1.54) is 7.11 Å². The summed E-state index contributed by atoms with van der Waals surface area (Å²) in [7, 11) is 1.50. The Bertz CT molecular complexity index is 1120. The molecule has 0 amide bonds. The Morgan fingerprint density at radius 1 is 1.03 bits per heavy atom. The molecular formula is C32H47NO5. The standard InChI is InChI=1S/C32H47NO5/c1-27(2)12-14-32(26(36)37-9)15-13-31(7)25(19(32)17-27)38-23(34)16-22-29(5)18-20(33-8)24(35)28(3,4)21(29)10-11-30(22,31)6/h18-19,21-23,25,34H,10-17H2,1-7,9H3/t19-,21-,22+,23?,25?,29-,30+,31+,32-/m0/s1. The van der Waals surface area contributed by atoms with Gasteiger partial charge >= 0.3 is 5.97 Å². The monoisotopic (exact) mass is 525 g/mol. The number of rotatable bonds is 1. The number of aliphatic hydroxyl groups is 1. The largest absolute Gasteiger partial charge is 0.469 e. The van der Waals surface area contributed by atoms with Gasteiger partial charge in [0, 0.05) is 17.8 Å². The second-order valence-electron chi connectivity index (χ2n) is 15.4. The zero-order valence-corrected chi connectivity index (χ0v) is 24.6. The van der Waals surface area contributed by atoms with E-state index in [1.807, 2.05) is 19.9 Å². The van der Waals surface area contributed by atoms with E-state index in [9.17, 15) is 14.7 Å². The number of fused-ring (bicyclic) bond motifs is 7. The van der Waals surface area contributed by atoms with Crippen molar-refractivity contribution in [3.8, 4) is 0 Å². The van der Waals surface area contributed by atoms with Crippen LogP contribution in [0.1, 0.15) is 99.8 Å². The molecule has 210 valence electrons. The number of hydrogen-bond acceptors (Lipinski definition) is 5. The normalized spacial score (nSPS) is 49.1. The van der Waals surface area contributed by atoms with Crippen molar-refractivity contribution in [1.82, 2.24) is 0 Å². The Kier molecular flexibility index (Phi) is 6.15. The van der Waals surface area contributed by atoms with Crippen molar-refractivity contribution in [2.45, 2.75) is 112 Å². The van der Waals surface area contributed by atoms with Crippen LogP contribution in [0.2, 0.25) is 0 Å². The SMILES string of the molecule is [C-]#[N+]C1=C[C@]2(C)[C@H]3CC(O)OC4[C@@H]5CC(C)(C)CC[C@]5(C(=O)OC)CC[C@@]4(C)[C@]3(C)CC[C@H]2C(C)(C)C1=O. The lowest BCUT2D eigenvalue weighted by Gasteiger charge is -2.67. The first-order valence-electron chi connectivity index (χ1n) is 14.6. The van der Waals surface area contributed by atoms with Crippen LogP contribution in [-0.2, 0) is 19.1 Å². The number of ether oxygens (including phenoxy) is 2. The number of allylic oxidation sites excluding steroid dienone is 2. The number of methoxy groups -OCH3 is 1. The van der Waals surface area contributed by atoms with Crippen LogP contribution >= 0.6 is 0 Å². The van der Waals surface area contributed by atoms with E-state index < -0.39 is 22.5 Å². The van der Waals surface area contributed by atoms with E-state index >= 15 is 0 Å². The third-order valence-electron chi connectivity index (χ3n) is 12.9. The fourth-order valence-corrected chi connectivity index (χ4v) is 10.6. The van der Waals surface area contributed by atoms with E-state index in [0.717, 1.165) is 44.9 Å². The smallest absolute Gasteiger partial charge is 0.312 e. The third kappa shape index (κ3) is 3.43. The van der Waals surface area contributed by atoms with Gasteiger partial charge in [0.1, 0.15) is 0 Å². The number of Topliss-reactive ketones (excluding diaryl/α,β-unsaturated/α-hetero) is 1. The van der Waals surface area contributed by atoms with Crippen molar-refractivity contribution < 1.29 is 24.2 Å². The molecule has 0 aromatic rings. The maximum atomic E-state index is 13.4. The highest BCUT2D eigenvalue weighted by Crippen LogP contribution is 2.73. The number of carbonyl (C=O) groups is 2. The van der Waals surface area contributed by atoms with Gasteiger partial charge < -0.3 is 19.4 Å². The third-order valence-corrected chi connectivity index (χ3v) is 12.9. The van der Waals surface area contributed by atoms with Crippen LogP contribution in [0, 0.1) is 56.8 Å². The quantitative estimate of drug-likeness (QED) is 0.320. The molecule has 1 saturated heterocycles. The Labute approximate surface area is 228 Å². The summed E-state index contributed by atoms with van der Waals surface area (Å²) in [6.45, 7) is 23.3. The van der Waals surface area contributed by atoms with Crippen LogP contribution < -0.4 is 0 Å². The fraction of sp³-hybridized carbons (Fsp3) is 0.844. The minimum atomic E-state index is -0.967. The summed E-state index contributed by atoms with van der Waals surface area (Å²) in [4.78, 5) is 30.4. The van der Waals surface area contributed by atoms with Gasteiger partial charge in [-0.1, -0.05) is 54.5 Å². The van der Waals surface area contributed by atoms with Crippen LogP contribution in [0.3, 0.4) is 0 Å². The van der Waals surface area contributed by atoms with E-state index in [1.54, 1.807) is 0 Å². The lowest BCUT2D eigenvalue weighted by atomic mass is 9.36.